The fraction of sp³-hybridized carbons (Fsp3) is 0.200. The maximum absolute atomic E-state index is 12.8. The molecule has 0 bridgehead atoms. The Bertz CT molecular complexity index is 979. The molecule has 146 valence electrons. The molecule has 3 rings (SSSR count). The molecule has 1 N–H and O–H groups in total. The van der Waals surface area contributed by atoms with Crippen LogP contribution in [0.5, 0.6) is 5.75 Å². The molecule has 0 unspecified atom stereocenters. The van der Waals surface area contributed by atoms with Gasteiger partial charge in [0.1, 0.15) is 11.4 Å². The highest BCUT2D eigenvalue weighted by atomic mass is 19.4. The molecule has 1 aromatic heterocycles. The van der Waals surface area contributed by atoms with Gasteiger partial charge >= 0.3 is 6.18 Å². The van der Waals surface area contributed by atoms with E-state index in [1.807, 2.05) is 12.1 Å². The van der Waals surface area contributed by atoms with Crippen molar-refractivity contribution in [3.8, 4) is 17.0 Å². The molecular weight excluding hydrogens is 371 g/mol. The Morgan fingerprint density at radius 1 is 1.14 bits per heavy atom. The van der Waals surface area contributed by atoms with Crippen LogP contribution in [-0.4, -0.2) is 22.8 Å². The van der Waals surface area contributed by atoms with Crippen LogP contribution in [0.25, 0.3) is 11.3 Å². The van der Waals surface area contributed by atoms with Crippen molar-refractivity contribution in [2.75, 3.05) is 7.11 Å². The van der Waals surface area contributed by atoms with Crippen LogP contribution in [-0.2, 0) is 19.8 Å². The van der Waals surface area contributed by atoms with Crippen molar-refractivity contribution in [3.63, 3.8) is 0 Å². The summed E-state index contributed by atoms with van der Waals surface area (Å²) in [5, 5.41) is 6.96. The third-order valence-electron chi connectivity index (χ3n) is 4.21. The normalized spacial score (nSPS) is 11.3. The van der Waals surface area contributed by atoms with E-state index in [1.54, 1.807) is 32.4 Å². The van der Waals surface area contributed by atoms with Gasteiger partial charge in [-0.3, -0.25) is 9.48 Å². The first kappa shape index (κ1) is 19.5. The molecule has 0 spiro atoms. The number of halogens is 3. The van der Waals surface area contributed by atoms with Crippen LogP contribution in [0, 0.1) is 0 Å². The number of nitrogens with one attached hydrogen (secondary N) is 1. The lowest BCUT2D eigenvalue weighted by molar-refractivity contribution is -0.137. The monoisotopic (exact) mass is 389 g/mol. The SMILES string of the molecule is COc1ccc(-c2cc(C(=O)NCc3cccc(C(F)(F)F)c3)n(C)n2)cc1. The van der Waals surface area contributed by atoms with Gasteiger partial charge in [-0.15, -0.1) is 0 Å². The summed E-state index contributed by atoms with van der Waals surface area (Å²) < 4.78 is 44.9. The lowest BCUT2D eigenvalue weighted by Crippen LogP contribution is -2.25. The predicted octanol–water partition coefficient (Wildman–Crippen LogP) is 4.04. The van der Waals surface area contributed by atoms with Gasteiger partial charge in [-0.05, 0) is 48.0 Å². The van der Waals surface area contributed by atoms with Crippen LogP contribution >= 0.6 is 0 Å². The van der Waals surface area contributed by atoms with Crippen molar-refractivity contribution in [1.29, 1.82) is 0 Å². The number of carbonyl (C=O) groups is 1. The molecule has 2 aromatic carbocycles. The van der Waals surface area contributed by atoms with Gasteiger partial charge in [-0.1, -0.05) is 12.1 Å². The van der Waals surface area contributed by atoms with E-state index >= 15 is 0 Å². The predicted molar refractivity (Wildman–Crippen MR) is 97.8 cm³/mol. The van der Waals surface area contributed by atoms with Crippen molar-refractivity contribution >= 4 is 5.91 Å². The van der Waals surface area contributed by atoms with Gasteiger partial charge in [0.15, 0.2) is 0 Å². The van der Waals surface area contributed by atoms with Gasteiger partial charge in [0, 0.05) is 19.2 Å². The number of ether oxygens (including phenoxy) is 1. The maximum atomic E-state index is 12.8. The summed E-state index contributed by atoms with van der Waals surface area (Å²) in [4.78, 5) is 12.5. The van der Waals surface area contributed by atoms with Crippen LogP contribution in [0.3, 0.4) is 0 Å². The summed E-state index contributed by atoms with van der Waals surface area (Å²) in [6.45, 7) is -0.0220. The minimum Gasteiger partial charge on any atom is -0.497 e. The number of carbonyl (C=O) groups excluding carboxylic acids is 1. The zero-order valence-electron chi connectivity index (χ0n) is 15.2. The molecule has 1 heterocycles. The second-order valence-corrected chi connectivity index (χ2v) is 6.15. The van der Waals surface area contributed by atoms with Gasteiger partial charge in [-0.25, -0.2) is 0 Å². The first-order valence-electron chi connectivity index (χ1n) is 8.41. The molecular formula is C20H18F3N3O2. The molecule has 1 amide bonds. The van der Waals surface area contributed by atoms with Gasteiger partial charge in [0.05, 0.1) is 18.4 Å². The second-order valence-electron chi connectivity index (χ2n) is 6.15. The first-order chi connectivity index (χ1) is 13.3. The summed E-state index contributed by atoms with van der Waals surface area (Å²) in [6, 6.07) is 13.7. The number of alkyl halides is 3. The van der Waals surface area contributed by atoms with Crippen LogP contribution in [0.4, 0.5) is 13.2 Å². The Balaban J connectivity index is 1.72. The molecule has 0 saturated heterocycles. The van der Waals surface area contributed by atoms with Crippen LogP contribution in [0.2, 0.25) is 0 Å². The van der Waals surface area contributed by atoms with E-state index in [-0.39, 0.29) is 6.54 Å². The zero-order valence-corrected chi connectivity index (χ0v) is 15.2. The molecule has 5 nitrogen and oxygen atoms in total. The highest BCUT2D eigenvalue weighted by molar-refractivity contribution is 5.93. The minimum atomic E-state index is -4.42. The molecule has 0 radical (unpaired) electrons. The quantitative estimate of drug-likeness (QED) is 0.717. The number of hydrogen-bond donors (Lipinski definition) is 1. The van der Waals surface area contributed by atoms with E-state index in [2.05, 4.69) is 10.4 Å². The number of hydrogen-bond acceptors (Lipinski definition) is 3. The largest absolute Gasteiger partial charge is 0.497 e. The number of amides is 1. The summed E-state index contributed by atoms with van der Waals surface area (Å²) in [7, 11) is 3.20. The molecule has 0 saturated carbocycles. The molecule has 0 fully saturated rings. The van der Waals surface area contributed by atoms with Crippen LogP contribution in [0.15, 0.2) is 54.6 Å². The third-order valence-corrected chi connectivity index (χ3v) is 4.21. The summed E-state index contributed by atoms with van der Waals surface area (Å²) >= 11 is 0. The van der Waals surface area contributed by atoms with Crippen molar-refractivity contribution in [1.82, 2.24) is 15.1 Å². The fourth-order valence-corrected chi connectivity index (χ4v) is 2.71. The molecule has 0 aliphatic carbocycles. The number of benzene rings is 2. The van der Waals surface area contributed by atoms with E-state index in [4.69, 9.17) is 4.74 Å². The van der Waals surface area contributed by atoms with Crippen LogP contribution in [0.1, 0.15) is 21.6 Å². The van der Waals surface area contributed by atoms with Crippen LogP contribution < -0.4 is 10.1 Å². The second kappa shape index (κ2) is 7.75. The Kier molecular flexibility index (Phi) is 5.39. The van der Waals surface area contributed by atoms with Crippen molar-refractivity contribution in [3.05, 3.63) is 71.4 Å². The molecule has 8 heteroatoms. The average molecular weight is 389 g/mol. The summed E-state index contributed by atoms with van der Waals surface area (Å²) in [6.07, 6.45) is -4.42. The molecule has 0 aliphatic rings. The Morgan fingerprint density at radius 2 is 1.86 bits per heavy atom. The molecule has 0 atom stereocenters. The maximum Gasteiger partial charge on any atom is 0.416 e. The van der Waals surface area contributed by atoms with Gasteiger partial charge in [0.25, 0.3) is 5.91 Å². The van der Waals surface area contributed by atoms with Crippen molar-refractivity contribution in [2.24, 2.45) is 7.05 Å². The Hall–Kier alpha value is -3.29. The third kappa shape index (κ3) is 4.33. The summed E-state index contributed by atoms with van der Waals surface area (Å²) in [5.41, 5.74) is 1.34. The minimum absolute atomic E-state index is 0.0220. The zero-order chi connectivity index (χ0) is 20.3. The molecule has 0 aliphatic heterocycles. The van der Waals surface area contributed by atoms with Crippen molar-refractivity contribution < 1.29 is 22.7 Å². The number of nitrogens with zero attached hydrogens (tertiary/aromatic N) is 2. The Morgan fingerprint density at radius 3 is 2.50 bits per heavy atom. The standard InChI is InChI=1S/C20H18F3N3O2/c1-26-18(11-17(25-26)14-6-8-16(28-2)9-7-14)19(27)24-12-13-4-3-5-15(10-13)20(21,22)23/h3-11H,12H2,1-2H3,(H,24,27). The highest BCUT2D eigenvalue weighted by Gasteiger charge is 2.30. The molecule has 3 aromatic rings. The highest BCUT2D eigenvalue weighted by Crippen LogP contribution is 2.29. The van der Waals surface area contributed by atoms with E-state index in [9.17, 15) is 18.0 Å². The number of rotatable bonds is 5. The van der Waals surface area contributed by atoms with Crippen molar-refractivity contribution in [2.45, 2.75) is 12.7 Å². The average Bonchev–Trinajstić information content (AvgIpc) is 3.07. The molecule has 28 heavy (non-hydrogen) atoms. The lowest BCUT2D eigenvalue weighted by Gasteiger charge is -2.09. The number of aryl methyl sites for hydroxylation is 1. The number of methoxy groups -OCH3 is 1. The summed E-state index contributed by atoms with van der Waals surface area (Å²) in [5.74, 6) is 0.283. The van der Waals surface area contributed by atoms with Gasteiger partial charge < -0.3 is 10.1 Å². The lowest BCUT2D eigenvalue weighted by atomic mass is 10.1. The van der Waals surface area contributed by atoms with E-state index in [0.29, 0.717) is 22.7 Å². The van der Waals surface area contributed by atoms with Gasteiger partial charge in [-0.2, -0.15) is 18.3 Å². The van der Waals surface area contributed by atoms with E-state index in [1.165, 1.54) is 16.8 Å². The van der Waals surface area contributed by atoms with Gasteiger partial charge in [0.2, 0.25) is 0 Å². The fourth-order valence-electron chi connectivity index (χ4n) is 2.71. The van der Waals surface area contributed by atoms with E-state index in [0.717, 1.165) is 17.7 Å². The first-order valence-corrected chi connectivity index (χ1v) is 8.41. The topological polar surface area (TPSA) is 56.1 Å². The smallest absolute Gasteiger partial charge is 0.416 e. The number of aromatic nitrogens is 2. The Labute approximate surface area is 159 Å². The van der Waals surface area contributed by atoms with E-state index < -0.39 is 17.6 Å².